The molecule has 0 heterocycles. The molecule has 0 bridgehead atoms. The van der Waals surface area contributed by atoms with Crippen LogP contribution in [0.1, 0.15) is 9.16 Å². The van der Waals surface area contributed by atoms with Crippen LogP contribution in [0.4, 0.5) is 4.79 Å². The molecule has 0 atom stereocenters. The molecule has 0 spiro atoms. The zero-order valence-corrected chi connectivity index (χ0v) is 4.26. The van der Waals surface area contributed by atoms with Crippen LogP contribution in [0.2, 0.25) is 0 Å². The van der Waals surface area contributed by atoms with Crippen molar-refractivity contribution < 1.29 is 17.4 Å². The Bertz CT molecular complexity index is 122. The molecule has 0 aliphatic rings. The summed E-state index contributed by atoms with van der Waals surface area (Å²) in [6.07, 6.45) is -1.24. The smallest absolute Gasteiger partial charge is 0.404 e. The Hall–Kier alpha value is -0.770. The number of ether oxygens (including phenoxy) is 1. The van der Waals surface area contributed by atoms with Crippen LogP contribution >= 0.6 is 0 Å². The van der Waals surface area contributed by atoms with Crippen molar-refractivity contribution in [3.8, 4) is 0 Å². The SMILES string of the molecule is [2H]C([2H])(O)CCOC(N)=O. The first-order valence-corrected chi connectivity index (χ1v) is 2.06. The molecule has 0 radical (unpaired) electrons. The Morgan fingerprint density at radius 3 is 3.00 bits per heavy atom. The third kappa shape index (κ3) is 5.23. The van der Waals surface area contributed by atoms with Gasteiger partial charge in [0.15, 0.2) is 0 Å². The zero-order valence-electron chi connectivity index (χ0n) is 6.26. The summed E-state index contributed by atoms with van der Waals surface area (Å²) in [4.78, 5) is 9.88. The van der Waals surface area contributed by atoms with E-state index in [0.717, 1.165) is 0 Å². The molecule has 4 heteroatoms. The highest BCUT2D eigenvalue weighted by Crippen LogP contribution is 1.78. The van der Waals surface area contributed by atoms with Crippen LogP contribution in [-0.4, -0.2) is 24.4 Å². The number of primary amides is 1. The molecule has 0 aromatic carbocycles. The Balaban J connectivity index is 3.29. The highest BCUT2D eigenvalue weighted by molar-refractivity contribution is 5.64. The van der Waals surface area contributed by atoms with Crippen molar-refractivity contribution in [3.63, 3.8) is 0 Å². The predicted octanol–water partition coefficient (Wildman–Crippen LogP) is -0.536. The number of aliphatic hydroxyl groups is 1. The molecular weight excluding hydrogens is 110 g/mol. The van der Waals surface area contributed by atoms with Gasteiger partial charge in [0, 0.05) is 13.0 Å². The number of amides is 1. The summed E-state index contributed by atoms with van der Waals surface area (Å²) in [5, 5.41) is 8.43. The molecule has 0 aliphatic carbocycles. The predicted molar refractivity (Wildman–Crippen MR) is 27.2 cm³/mol. The van der Waals surface area contributed by atoms with Crippen molar-refractivity contribution in [2.24, 2.45) is 5.73 Å². The topological polar surface area (TPSA) is 72.6 Å². The van der Waals surface area contributed by atoms with Crippen LogP contribution in [0.15, 0.2) is 0 Å². The average Bonchev–Trinajstić information content (AvgIpc) is 1.59. The van der Waals surface area contributed by atoms with E-state index in [2.05, 4.69) is 10.5 Å². The molecule has 0 unspecified atom stereocenters. The van der Waals surface area contributed by atoms with E-state index in [1.165, 1.54) is 0 Å². The van der Waals surface area contributed by atoms with Gasteiger partial charge < -0.3 is 15.6 Å². The summed E-state index contributed by atoms with van der Waals surface area (Å²) < 4.78 is 17.3. The first-order valence-electron chi connectivity index (χ1n) is 3.06. The number of rotatable bonds is 3. The van der Waals surface area contributed by atoms with Crippen LogP contribution in [-0.2, 0) is 4.74 Å². The van der Waals surface area contributed by atoms with E-state index < -0.39 is 12.7 Å². The Labute approximate surface area is 50.1 Å². The van der Waals surface area contributed by atoms with E-state index >= 15 is 0 Å². The first-order chi connectivity index (χ1) is 4.42. The molecule has 0 aromatic heterocycles. The second kappa shape index (κ2) is 4.39. The minimum absolute atomic E-state index is 0.209. The van der Waals surface area contributed by atoms with Gasteiger partial charge in [-0.05, 0) is 0 Å². The lowest BCUT2D eigenvalue weighted by Gasteiger charge is -1.95. The van der Waals surface area contributed by atoms with Crippen molar-refractivity contribution in [1.82, 2.24) is 0 Å². The lowest BCUT2D eigenvalue weighted by molar-refractivity contribution is 0.145. The van der Waals surface area contributed by atoms with Crippen molar-refractivity contribution >= 4 is 6.09 Å². The number of carbonyl (C=O) groups excluding carboxylic acids is 1. The molecule has 48 valence electrons. The van der Waals surface area contributed by atoms with Gasteiger partial charge in [-0.2, -0.15) is 0 Å². The normalized spacial score (nSPS) is 14.1. The Kier molecular flexibility index (Phi) is 2.27. The maximum Gasteiger partial charge on any atom is 0.404 e. The van der Waals surface area contributed by atoms with E-state index in [-0.39, 0.29) is 13.0 Å². The van der Waals surface area contributed by atoms with Crippen LogP contribution in [0.5, 0.6) is 0 Å². The summed E-state index contributed by atoms with van der Waals surface area (Å²) in [5.41, 5.74) is 4.56. The number of carbonyl (C=O) groups is 1. The lowest BCUT2D eigenvalue weighted by atomic mass is 10.5. The summed E-state index contributed by atoms with van der Waals surface area (Å²) in [7, 11) is 0. The maximum atomic E-state index is 9.88. The Morgan fingerprint density at radius 2 is 2.62 bits per heavy atom. The standard InChI is InChI=1S/C4H9NO3/c5-4(7)8-3-1-2-6/h6H,1-3H2,(H2,5,7)/i2D2. The minimum Gasteiger partial charge on any atom is -0.450 e. The molecule has 0 aliphatic heterocycles. The minimum atomic E-state index is -2.30. The van der Waals surface area contributed by atoms with E-state index in [1.807, 2.05) is 0 Å². The van der Waals surface area contributed by atoms with Gasteiger partial charge in [-0.25, -0.2) is 4.79 Å². The lowest BCUT2D eigenvalue weighted by Crippen LogP contribution is -2.14. The Morgan fingerprint density at radius 1 is 2.00 bits per heavy atom. The van der Waals surface area contributed by atoms with Crippen LogP contribution in [0, 0.1) is 0 Å². The summed E-state index contributed by atoms with van der Waals surface area (Å²) >= 11 is 0. The summed E-state index contributed by atoms with van der Waals surface area (Å²) in [6.45, 7) is -2.51. The molecule has 8 heavy (non-hydrogen) atoms. The van der Waals surface area contributed by atoms with E-state index in [9.17, 15) is 4.79 Å². The van der Waals surface area contributed by atoms with Gasteiger partial charge in [0.25, 0.3) is 0 Å². The fourth-order valence-corrected chi connectivity index (χ4v) is 0.197. The molecule has 0 fully saturated rings. The van der Waals surface area contributed by atoms with Crippen molar-refractivity contribution in [3.05, 3.63) is 0 Å². The van der Waals surface area contributed by atoms with Gasteiger partial charge in [0.1, 0.15) is 0 Å². The van der Waals surface area contributed by atoms with Gasteiger partial charge in [-0.1, -0.05) is 0 Å². The molecule has 0 aromatic rings. The van der Waals surface area contributed by atoms with E-state index in [0.29, 0.717) is 0 Å². The number of hydrogen-bond donors (Lipinski definition) is 2. The fourth-order valence-electron chi connectivity index (χ4n) is 0.197. The van der Waals surface area contributed by atoms with Crippen molar-refractivity contribution in [2.45, 2.75) is 6.42 Å². The first kappa shape index (κ1) is 4.14. The van der Waals surface area contributed by atoms with Crippen LogP contribution in [0.25, 0.3) is 0 Å². The largest absolute Gasteiger partial charge is 0.450 e. The van der Waals surface area contributed by atoms with Gasteiger partial charge >= 0.3 is 6.09 Å². The zero-order chi connectivity index (χ0) is 8.20. The fraction of sp³-hybridized carbons (Fsp3) is 0.750. The van der Waals surface area contributed by atoms with E-state index in [4.69, 9.17) is 7.85 Å². The summed E-state index contributed by atoms with van der Waals surface area (Å²) in [5.74, 6) is 0. The van der Waals surface area contributed by atoms with Gasteiger partial charge in [0.2, 0.25) is 0 Å². The number of hydrogen-bond acceptors (Lipinski definition) is 3. The highest BCUT2D eigenvalue weighted by Gasteiger charge is 1.89. The van der Waals surface area contributed by atoms with E-state index in [1.54, 1.807) is 0 Å². The molecule has 0 rings (SSSR count). The third-order valence-electron chi connectivity index (χ3n) is 0.458. The molecule has 1 amide bonds. The van der Waals surface area contributed by atoms with Crippen molar-refractivity contribution in [2.75, 3.05) is 13.2 Å². The second-order valence-corrected chi connectivity index (χ2v) is 1.08. The molecular formula is C4H9NO3. The third-order valence-corrected chi connectivity index (χ3v) is 0.458. The highest BCUT2D eigenvalue weighted by atomic mass is 16.5. The molecule has 0 saturated heterocycles. The molecule has 4 nitrogen and oxygen atoms in total. The molecule has 3 N–H and O–H groups in total. The monoisotopic (exact) mass is 121 g/mol. The average molecular weight is 121 g/mol. The summed E-state index contributed by atoms with van der Waals surface area (Å²) in [6, 6.07) is 0. The molecule has 0 saturated carbocycles. The maximum absolute atomic E-state index is 9.88. The van der Waals surface area contributed by atoms with Gasteiger partial charge in [-0.15, -0.1) is 0 Å². The second-order valence-electron chi connectivity index (χ2n) is 1.08. The van der Waals surface area contributed by atoms with Gasteiger partial charge in [-0.3, -0.25) is 0 Å². The van der Waals surface area contributed by atoms with Crippen LogP contribution in [0.3, 0.4) is 0 Å². The quantitative estimate of drug-likeness (QED) is 0.527. The van der Waals surface area contributed by atoms with Crippen molar-refractivity contribution in [1.29, 1.82) is 0 Å². The van der Waals surface area contributed by atoms with Gasteiger partial charge in [0.05, 0.1) is 9.35 Å². The number of nitrogens with two attached hydrogens (primary N) is 1. The van der Waals surface area contributed by atoms with Crippen LogP contribution < -0.4 is 5.73 Å².